The summed E-state index contributed by atoms with van der Waals surface area (Å²) in [5.74, 6) is 0.477. The predicted octanol–water partition coefficient (Wildman–Crippen LogP) is 2.12. The third-order valence-electron chi connectivity index (χ3n) is 6.63. The monoisotopic (exact) mass is 402 g/mol. The van der Waals surface area contributed by atoms with E-state index >= 15 is 0 Å². The Hall–Kier alpha value is -2.35. The summed E-state index contributed by atoms with van der Waals surface area (Å²) < 4.78 is 5.37. The van der Waals surface area contributed by atoms with E-state index in [9.17, 15) is 14.7 Å². The molecular weight excluding hydrogens is 372 g/mol. The number of carbonyl (C=O) groups excluding carboxylic acids is 2. The average Bonchev–Trinajstić information content (AvgIpc) is 3.18. The van der Waals surface area contributed by atoms with Gasteiger partial charge in [0.2, 0.25) is 0 Å². The number of pyridine rings is 1. The van der Waals surface area contributed by atoms with Crippen LogP contribution < -0.4 is 5.32 Å². The Kier molecular flexibility index (Phi) is 5.14. The largest absolute Gasteiger partial charge is 0.441 e. The zero-order valence-electron chi connectivity index (χ0n) is 17.2. The highest BCUT2D eigenvalue weighted by Gasteiger charge is 2.55. The molecule has 1 aliphatic carbocycles. The van der Waals surface area contributed by atoms with Gasteiger partial charge >= 0.3 is 12.1 Å². The molecule has 1 spiro atoms. The first-order chi connectivity index (χ1) is 13.8. The molecule has 2 aliphatic heterocycles. The lowest BCUT2D eigenvalue weighted by Gasteiger charge is -2.34. The minimum absolute atomic E-state index is 0.0181. The number of aliphatic hydroxyl groups is 1. The quantitative estimate of drug-likeness (QED) is 0.804. The molecule has 1 atom stereocenters. The molecule has 8 heteroatoms. The van der Waals surface area contributed by atoms with Crippen molar-refractivity contribution in [1.29, 1.82) is 0 Å². The SMILES string of the molecule is CC(C)(CO)OC(=O)N1CCC2(CC1)CC2CNC(=O)N1Cc2ccncc2C1. The Morgan fingerprint density at radius 1 is 1.28 bits per heavy atom. The first-order valence-corrected chi connectivity index (χ1v) is 10.4. The number of piperidine rings is 1. The number of carbonyl (C=O) groups is 2. The molecule has 1 unspecified atom stereocenters. The van der Waals surface area contributed by atoms with Gasteiger partial charge in [0.15, 0.2) is 0 Å². The van der Waals surface area contributed by atoms with E-state index in [1.54, 1.807) is 24.9 Å². The molecule has 0 bridgehead atoms. The highest BCUT2D eigenvalue weighted by molar-refractivity contribution is 5.75. The molecule has 3 heterocycles. The van der Waals surface area contributed by atoms with E-state index in [2.05, 4.69) is 10.3 Å². The summed E-state index contributed by atoms with van der Waals surface area (Å²) in [6, 6.07) is 1.95. The minimum Gasteiger partial charge on any atom is -0.441 e. The number of nitrogens with zero attached hydrogens (tertiary/aromatic N) is 3. The number of fused-ring (bicyclic) bond motifs is 1. The second-order valence-electron chi connectivity index (χ2n) is 9.22. The molecule has 29 heavy (non-hydrogen) atoms. The molecule has 1 aromatic heterocycles. The van der Waals surface area contributed by atoms with E-state index < -0.39 is 5.60 Å². The van der Waals surface area contributed by atoms with Crippen molar-refractivity contribution in [3.8, 4) is 0 Å². The van der Waals surface area contributed by atoms with Crippen LogP contribution in [0.1, 0.15) is 44.2 Å². The van der Waals surface area contributed by atoms with Crippen LogP contribution in [0.2, 0.25) is 0 Å². The zero-order valence-corrected chi connectivity index (χ0v) is 17.2. The molecule has 0 aromatic carbocycles. The van der Waals surface area contributed by atoms with Crippen molar-refractivity contribution in [1.82, 2.24) is 20.1 Å². The summed E-state index contributed by atoms with van der Waals surface area (Å²) >= 11 is 0. The van der Waals surface area contributed by atoms with Crippen molar-refractivity contribution in [3.05, 3.63) is 29.6 Å². The number of hydrogen-bond acceptors (Lipinski definition) is 5. The Morgan fingerprint density at radius 2 is 2.00 bits per heavy atom. The summed E-state index contributed by atoms with van der Waals surface area (Å²) in [4.78, 5) is 32.5. The van der Waals surface area contributed by atoms with Crippen LogP contribution in [0, 0.1) is 11.3 Å². The van der Waals surface area contributed by atoms with Gasteiger partial charge in [0.1, 0.15) is 5.60 Å². The molecule has 1 saturated carbocycles. The molecule has 3 amide bonds. The molecule has 0 radical (unpaired) electrons. The number of hydrogen-bond donors (Lipinski definition) is 2. The molecule has 2 N–H and O–H groups in total. The minimum atomic E-state index is -0.857. The van der Waals surface area contributed by atoms with Crippen LogP contribution in [0.15, 0.2) is 18.5 Å². The van der Waals surface area contributed by atoms with Crippen molar-refractivity contribution in [2.24, 2.45) is 11.3 Å². The first-order valence-electron chi connectivity index (χ1n) is 10.4. The summed E-state index contributed by atoms with van der Waals surface area (Å²) in [6.45, 7) is 6.48. The lowest BCUT2D eigenvalue weighted by Crippen LogP contribution is -2.44. The van der Waals surface area contributed by atoms with E-state index in [1.165, 1.54) is 5.56 Å². The van der Waals surface area contributed by atoms with Gasteiger partial charge in [0.25, 0.3) is 0 Å². The van der Waals surface area contributed by atoms with E-state index in [4.69, 9.17) is 4.74 Å². The molecule has 3 aliphatic rings. The smallest absolute Gasteiger partial charge is 0.410 e. The number of ether oxygens (including phenoxy) is 1. The van der Waals surface area contributed by atoms with Gasteiger partial charge in [-0.2, -0.15) is 0 Å². The molecule has 1 aromatic rings. The third-order valence-corrected chi connectivity index (χ3v) is 6.63. The van der Waals surface area contributed by atoms with Gasteiger partial charge in [-0.3, -0.25) is 4.98 Å². The molecule has 1 saturated heterocycles. The highest BCUT2D eigenvalue weighted by Crippen LogP contribution is 2.59. The fourth-order valence-electron chi connectivity index (χ4n) is 4.49. The molecule has 4 rings (SSSR count). The number of amides is 3. The van der Waals surface area contributed by atoms with Crippen molar-refractivity contribution in [3.63, 3.8) is 0 Å². The predicted molar refractivity (Wildman–Crippen MR) is 106 cm³/mol. The standard InChI is InChI=1S/C21H30N4O4/c1-20(2,14-26)29-19(28)24-7-4-21(5-8-24)9-17(21)11-23-18(27)25-12-15-3-6-22-10-16(15)13-25/h3,6,10,17,26H,4-5,7-9,11-14H2,1-2H3,(H,23,27). The van der Waals surface area contributed by atoms with Crippen LogP contribution in [-0.2, 0) is 17.8 Å². The fraction of sp³-hybridized carbons (Fsp3) is 0.667. The topological polar surface area (TPSA) is 95.0 Å². The number of nitrogens with one attached hydrogen (secondary N) is 1. The molecular formula is C21H30N4O4. The van der Waals surface area contributed by atoms with E-state index in [1.807, 2.05) is 17.2 Å². The molecule has 8 nitrogen and oxygen atoms in total. The normalized spacial score (nSPS) is 22.4. The zero-order chi connectivity index (χ0) is 20.6. The number of aromatic nitrogens is 1. The van der Waals surface area contributed by atoms with Gasteiger partial charge in [0, 0.05) is 45.1 Å². The van der Waals surface area contributed by atoms with Crippen LogP contribution >= 0.6 is 0 Å². The lowest BCUT2D eigenvalue weighted by molar-refractivity contribution is -0.0251. The summed E-state index contributed by atoms with van der Waals surface area (Å²) in [6.07, 6.45) is 6.21. The number of aliphatic hydroxyl groups excluding tert-OH is 1. The molecule has 2 fully saturated rings. The van der Waals surface area contributed by atoms with Crippen molar-refractivity contribution >= 4 is 12.1 Å². The Morgan fingerprint density at radius 3 is 2.69 bits per heavy atom. The number of urea groups is 1. The van der Waals surface area contributed by atoms with Crippen LogP contribution in [0.5, 0.6) is 0 Å². The van der Waals surface area contributed by atoms with Crippen LogP contribution in [-0.4, -0.2) is 63.9 Å². The first kappa shape index (κ1) is 19.9. The van der Waals surface area contributed by atoms with E-state index in [-0.39, 0.29) is 24.1 Å². The maximum atomic E-state index is 12.5. The second kappa shape index (κ2) is 7.48. The van der Waals surface area contributed by atoms with Crippen molar-refractivity contribution < 1.29 is 19.4 Å². The van der Waals surface area contributed by atoms with Gasteiger partial charge in [-0.05, 0) is 61.6 Å². The second-order valence-corrected chi connectivity index (χ2v) is 9.22. The van der Waals surface area contributed by atoms with Crippen LogP contribution in [0.3, 0.4) is 0 Å². The number of rotatable bonds is 4. The lowest BCUT2D eigenvalue weighted by atomic mass is 9.91. The fourth-order valence-corrected chi connectivity index (χ4v) is 4.49. The summed E-state index contributed by atoms with van der Waals surface area (Å²) in [5.41, 5.74) is 1.68. The van der Waals surface area contributed by atoms with Gasteiger partial charge < -0.3 is 25.0 Å². The van der Waals surface area contributed by atoms with E-state index in [0.717, 1.165) is 24.8 Å². The van der Waals surface area contributed by atoms with Gasteiger partial charge in [-0.25, -0.2) is 9.59 Å². The van der Waals surface area contributed by atoms with Gasteiger partial charge in [-0.1, -0.05) is 0 Å². The third kappa shape index (κ3) is 4.17. The average molecular weight is 402 g/mol. The van der Waals surface area contributed by atoms with E-state index in [0.29, 0.717) is 38.6 Å². The van der Waals surface area contributed by atoms with Crippen molar-refractivity contribution in [2.45, 2.75) is 51.8 Å². The summed E-state index contributed by atoms with van der Waals surface area (Å²) in [5, 5.41) is 12.4. The Balaban J connectivity index is 1.20. The maximum Gasteiger partial charge on any atom is 0.410 e. The van der Waals surface area contributed by atoms with Gasteiger partial charge in [-0.15, -0.1) is 0 Å². The highest BCUT2D eigenvalue weighted by atomic mass is 16.6. The van der Waals surface area contributed by atoms with Crippen LogP contribution in [0.25, 0.3) is 0 Å². The summed E-state index contributed by atoms with van der Waals surface area (Å²) in [7, 11) is 0. The maximum absolute atomic E-state index is 12.5. The Labute approximate surface area is 171 Å². The van der Waals surface area contributed by atoms with Crippen molar-refractivity contribution in [2.75, 3.05) is 26.2 Å². The molecule has 158 valence electrons. The van der Waals surface area contributed by atoms with Gasteiger partial charge in [0.05, 0.1) is 6.61 Å². The Bertz CT molecular complexity index is 764. The number of likely N-dealkylation sites (tertiary alicyclic amines) is 1. The van der Waals surface area contributed by atoms with Crippen LogP contribution in [0.4, 0.5) is 9.59 Å².